The molecule has 0 spiro atoms. The van der Waals surface area contributed by atoms with E-state index in [2.05, 4.69) is 10.6 Å². The van der Waals surface area contributed by atoms with Crippen LogP contribution in [-0.4, -0.2) is 23.8 Å². The predicted molar refractivity (Wildman–Crippen MR) is 90.6 cm³/mol. The number of nitrogens with two attached hydrogens (primary N) is 1. The Morgan fingerprint density at radius 3 is 2.76 bits per heavy atom. The Balaban J connectivity index is 1.79. The monoisotopic (exact) mass is 361 g/mol. The van der Waals surface area contributed by atoms with Crippen LogP contribution in [0.25, 0.3) is 0 Å². The third-order valence-electron chi connectivity index (χ3n) is 4.12. The first-order valence-corrected chi connectivity index (χ1v) is 8.61. The Morgan fingerprint density at radius 1 is 1.32 bits per heavy atom. The van der Waals surface area contributed by atoms with Crippen LogP contribution in [0.1, 0.15) is 45.2 Å². The third-order valence-corrected chi connectivity index (χ3v) is 4.82. The highest BCUT2D eigenvalue weighted by Gasteiger charge is 2.32. The molecular formula is C17H16FN3O3S. The van der Waals surface area contributed by atoms with Gasteiger partial charge in [-0.05, 0) is 47.0 Å². The Bertz CT molecular complexity index is 823. The number of carbonyl (C=O) groups is 3. The summed E-state index contributed by atoms with van der Waals surface area (Å²) in [5, 5.41) is 9.43. The molecule has 3 amide bonds. The number of hydrogen-bond donors (Lipinski definition) is 3. The zero-order valence-corrected chi connectivity index (χ0v) is 13.9. The second-order valence-corrected chi connectivity index (χ2v) is 6.56. The van der Waals surface area contributed by atoms with Gasteiger partial charge in [0.05, 0.1) is 17.6 Å². The molecule has 1 fully saturated rings. The van der Waals surface area contributed by atoms with Crippen molar-refractivity contribution in [1.29, 1.82) is 0 Å². The van der Waals surface area contributed by atoms with E-state index in [4.69, 9.17) is 5.73 Å². The predicted octanol–water partition coefficient (Wildman–Crippen LogP) is 1.74. The van der Waals surface area contributed by atoms with Crippen molar-refractivity contribution in [1.82, 2.24) is 10.6 Å². The van der Waals surface area contributed by atoms with Crippen LogP contribution in [0.4, 0.5) is 4.39 Å². The first-order chi connectivity index (χ1) is 12.0. The van der Waals surface area contributed by atoms with Gasteiger partial charge >= 0.3 is 0 Å². The number of benzene rings is 1. The number of thiophene rings is 1. The van der Waals surface area contributed by atoms with E-state index >= 15 is 0 Å². The summed E-state index contributed by atoms with van der Waals surface area (Å²) in [4.78, 5) is 35.2. The normalized spacial score (nSPS) is 20.0. The number of amides is 3. The molecule has 0 bridgehead atoms. The van der Waals surface area contributed by atoms with Crippen molar-refractivity contribution in [2.45, 2.75) is 24.9 Å². The highest BCUT2D eigenvalue weighted by molar-refractivity contribution is 7.08. The SMILES string of the molecule is NC(=O)c1ccc(C(=O)N[C@@H]2CCC(=O)N[C@H]2c2ccsc2)c(F)c1. The molecule has 4 N–H and O–H groups in total. The quantitative estimate of drug-likeness (QED) is 0.773. The van der Waals surface area contributed by atoms with Gasteiger partial charge in [0.1, 0.15) is 5.82 Å². The largest absolute Gasteiger partial charge is 0.366 e. The molecule has 1 saturated heterocycles. The summed E-state index contributed by atoms with van der Waals surface area (Å²) >= 11 is 1.49. The Morgan fingerprint density at radius 2 is 2.12 bits per heavy atom. The smallest absolute Gasteiger partial charge is 0.254 e. The lowest BCUT2D eigenvalue weighted by Crippen LogP contribution is -2.50. The Kier molecular flexibility index (Phi) is 4.80. The van der Waals surface area contributed by atoms with E-state index in [0.717, 1.165) is 11.6 Å². The molecule has 8 heteroatoms. The van der Waals surface area contributed by atoms with Gasteiger partial charge in [0, 0.05) is 12.0 Å². The van der Waals surface area contributed by atoms with Crippen LogP contribution in [-0.2, 0) is 4.79 Å². The second-order valence-electron chi connectivity index (χ2n) is 5.78. The van der Waals surface area contributed by atoms with Crippen molar-refractivity contribution in [3.8, 4) is 0 Å². The van der Waals surface area contributed by atoms with Gasteiger partial charge in [-0.1, -0.05) is 0 Å². The van der Waals surface area contributed by atoms with Crippen LogP contribution in [0, 0.1) is 5.82 Å². The first-order valence-electron chi connectivity index (χ1n) is 7.67. The molecular weight excluding hydrogens is 345 g/mol. The molecule has 130 valence electrons. The maximum Gasteiger partial charge on any atom is 0.254 e. The molecule has 0 aliphatic carbocycles. The fraction of sp³-hybridized carbons (Fsp3) is 0.235. The van der Waals surface area contributed by atoms with Gasteiger partial charge in [0.2, 0.25) is 11.8 Å². The Hall–Kier alpha value is -2.74. The minimum absolute atomic E-state index is 0.00451. The number of nitrogens with one attached hydrogen (secondary N) is 2. The number of hydrogen-bond acceptors (Lipinski definition) is 4. The molecule has 1 aromatic carbocycles. The summed E-state index contributed by atoms with van der Waals surface area (Å²) in [6, 6.07) is 4.64. The van der Waals surface area contributed by atoms with Crippen molar-refractivity contribution in [3.63, 3.8) is 0 Å². The zero-order chi connectivity index (χ0) is 18.0. The summed E-state index contributed by atoms with van der Waals surface area (Å²) in [7, 11) is 0. The van der Waals surface area contributed by atoms with Crippen molar-refractivity contribution in [3.05, 3.63) is 57.5 Å². The maximum atomic E-state index is 14.1. The molecule has 2 aromatic rings. The minimum atomic E-state index is -0.819. The average Bonchev–Trinajstić information content (AvgIpc) is 3.10. The van der Waals surface area contributed by atoms with Crippen molar-refractivity contribution < 1.29 is 18.8 Å². The van der Waals surface area contributed by atoms with Crippen LogP contribution in [0.15, 0.2) is 35.0 Å². The fourth-order valence-corrected chi connectivity index (χ4v) is 3.52. The van der Waals surface area contributed by atoms with E-state index in [0.29, 0.717) is 6.42 Å². The van der Waals surface area contributed by atoms with Crippen LogP contribution in [0.5, 0.6) is 0 Å². The molecule has 0 unspecified atom stereocenters. The van der Waals surface area contributed by atoms with Gasteiger partial charge in [-0.15, -0.1) is 0 Å². The topological polar surface area (TPSA) is 101 Å². The molecule has 6 nitrogen and oxygen atoms in total. The van der Waals surface area contributed by atoms with E-state index in [1.165, 1.54) is 23.5 Å². The van der Waals surface area contributed by atoms with Crippen LogP contribution in [0.2, 0.25) is 0 Å². The summed E-state index contributed by atoms with van der Waals surface area (Å²) in [6.07, 6.45) is 0.744. The van der Waals surface area contributed by atoms with Gasteiger partial charge < -0.3 is 16.4 Å². The highest BCUT2D eigenvalue weighted by Crippen LogP contribution is 2.26. The first kappa shape index (κ1) is 17.1. The highest BCUT2D eigenvalue weighted by atomic mass is 32.1. The van der Waals surface area contributed by atoms with Crippen molar-refractivity contribution in [2.75, 3.05) is 0 Å². The van der Waals surface area contributed by atoms with E-state index in [1.54, 1.807) is 0 Å². The van der Waals surface area contributed by atoms with E-state index < -0.39 is 17.6 Å². The lowest BCUT2D eigenvalue weighted by molar-refractivity contribution is -0.123. The molecule has 3 rings (SSSR count). The van der Waals surface area contributed by atoms with Crippen LogP contribution in [0.3, 0.4) is 0 Å². The third kappa shape index (κ3) is 3.69. The van der Waals surface area contributed by atoms with Gasteiger partial charge in [-0.3, -0.25) is 14.4 Å². The molecule has 0 saturated carbocycles. The summed E-state index contributed by atoms with van der Waals surface area (Å²) < 4.78 is 14.1. The van der Waals surface area contributed by atoms with Crippen LogP contribution < -0.4 is 16.4 Å². The molecule has 1 aliphatic rings. The van der Waals surface area contributed by atoms with E-state index in [9.17, 15) is 18.8 Å². The molecule has 2 heterocycles. The summed E-state index contributed by atoms with van der Waals surface area (Å²) in [5.41, 5.74) is 5.81. The second kappa shape index (κ2) is 7.02. The van der Waals surface area contributed by atoms with Gasteiger partial charge in [-0.25, -0.2) is 4.39 Å². The standard InChI is InChI=1S/C17H16FN3O3S/c18-12-7-9(16(19)23)1-2-11(12)17(24)20-13-3-4-14(22)21-15(13)10-5-6-25-8-10/h1-2,5-8,13,15H,3-4H2,(H2,19,23)(H,20,24)(H,21,22)/t13-,15+/m1/s1. The van der Waals surface area contributed by atoms with E-state index in [1.807, 2.05) is 16.8 Å². The number of carbonyl (C=O) groups excluding carboxylic acids is 3. The lowest BCUT2D eigenvalue weighted by Gasteiger charge is -2.32. The summed E-state index contributed by atoms with van der Waals surface area (Å²) in [5.74, 6) is -2.27. The number of primary amides is 1. The van der Waals surface area contributed by atoms with Crippen LogP contribution >= 0.6 is 11.3 Å². The number of halogens is 1. The maximum absolute atomic E-state index is 14.1. The minimum Gasteiger partial charge on any atom is -0.366 e. The summed E-state index contributed by atoms with van der Waals surface area (Å²) in [6.45, 7) is 0. The molecule has 1 aromatic heterocycles. The average molecular weight is 361 g/mol. The van der Waals surface area contributed by atoms with Crippen molar-refractivity contribution in [2.24, 2.45) is 5.73 Å². The van der Waals surface area contributed by atoms with E-state index in [-0.39, 0.29) is 35.5 Å². The molecule has 2 atom stereocenters. The number of piperidine rings is 1. The molecule has 25 heavy (non-hydrogen) atoms. The Labute approximate surface area is 147 Å². The zero-order valence-electron chi connectivity index (χ0n) is 13.1. The molecule has 0 radical (unpaired) electrons. The fourth-order valence-electron chi connectivity index (χ4n) is 2.82. The van der Waals surface area contributed by atoms with Gasteiger partial charge in [0.15, 0.2) is 0 Å². The van der Waals surface area contributed by atoms with Gasteiger partial charge in [0.25, 0.3) is 5.91 Å². The van der Waals surface area contributed by atoms with Crippen molar-refractivity contribution >= 4 is 29.1 Å². The van der Waals surface area contributed by atoms with Gasteiger partial charge in [-0.2, -0.15) is 11.3 Å². The number of rotatable bonds is 4. The molecule has 1 aliphatic heterocycles. The lowest BCUT2D eigenvalue weighted by atomic mass is 9.93.